The molecule has 1 fully saturated rings. The van der Waals surface area contributed by atoms with Crippen molar-refractivity contribution >= 4 is 0 Å². The van der Waals surface area contributed by atoms with Crippen LogP contribution >= 0.6 is 0 Å². The Morgan fingerprint density at radius 3 is 2.22 bits per heavy atom. The lowest BCUT2D eigenvalue weighted by molar-refractivity contribution is 0.0345. The second kappa shape index (κ2) is 8.16. The van der Waals surface area contributed by atoms with E-state index in [0.717, 1.165) is 12.2 Å². The van der Waals surface area contributed by atoms with E-state index >= 15 is 0 Å². The zero-order valence-electron chi connectivity index (χ0n) is 14.1. The van der Waals surface area contributed by atoms with E-state index in [-0.39, 0.29) is 6.23 Å². The Labute approximate surface area is 140 Å². The van der Waals surface area contributed by atoms with Crippen LogP contribution < -0.4 is 4.74 Å². The lowest BCUT2D eigenvalue weighted by Gasteiger charge is -2.28. The van der Waals surface area contributed by atoms with Crippen LogP contribution in [0.15, 0.2) is 54.6 Å². The molecule has 0 N–H and O–H groups in total. The normalized spacial score (nSPS) is 16.4. The van der Waals surface area contributed by atoms with Crippen molar-refractivity contribution in [1.82, 2.24) is 4.90 Å². The predicted octanol–water partition coefficient (Wildman–Crippen LogP) is 5.34. The smallest absolute Gasteiger partial charge is 0.152 e. The molecular formula is C21H27NO. The van der Waals surface area contributed by atoms with Gasteiger partial charge in [0.2, 0.25) is 0 Å². The molecule has 1 unspecified atom stereocenters. The first-order valence-corrected chi connectivity index (χ1v) is 8.93. The molecule has 3 rings (SSSR count). The summed E-state index contributed by atoms with van der Waals surface area (Å²) in [4.78, 5) is 2.50. The van der Waals surface area contributed by atoms with Gasteiger partial charge in [-0.2, -0.15) is 0 Å². The lowest BCUT2D eigenvalue weighted by atomic mass is 10.1. The minimum atomic E-state index is 0.236. The van der Waals surface area contributed by atoms with Crippen molar-refractivity contribution in [2.45, 2.75) is 45.3 Å². The van der Waals surface area contributed by atoms with Crippen LogP contribution in [-0.2, 0) is 0 Å². The average molecular weight is 309 g/mol. The molecule has 0 spiro atoms. The molecule has 0 aromatic heterocycles. The lowest BCUT2D eigenvalue weighted by Crippen LogP contribution is -2.37. The molecule has 23 heavy (non-hydrogen) atoms. The van der Waals surface area contributed by atoms with E-state index in [4.69, 9.17) is 4.74 Å². The highest BCUT2D eigenvalue weighted by Crippen LogP contribution is 2.25. The molecule has 122 valence electrons. The van der Waals surface area contributed by atoms with Gasteiger partial charge in [-0.05, 0) is 48.9 Å². The molecule has 1 heterocycles. The molecule has 2 aromatic rings. The van der Waals surface area contributed by atoms with Crippen molar-refractivity contribution in [1.29, 1.82) is 0 Å². The van der Waals surface area contributed by atoms with Crippen molar-refractivity contribution in [3.63, 3.8) is 0 Å². The van der Waals surface area contributed by atoms with Gasteiger partial charge >= 0.3 is 0 Å². The third-order valence-electron chi connectivity index (χ3n) is 4.59. The highest BCUT2D eigenvalue weighted by atomic mass is 16.5. The summed E-state index contributed by atoms with van der Waals surface area (Å²) in [5.41, 5.74) is 2.49. The molecule has 1 atom stereocenters. The number of hydrogen-bond donors (Lipinski definition) is 0. The monoisotopic (exact) mass is 309 g/mol. The molecule has 0 aliphatic carbocycles. The van der Waals surface area contributed by atoms with Gasteiger partial charge in [0.05, 0.1) is 0 Å². The van der Waals surface area contributed by atoms with Crippen LogP contribution in [0.4, 0.5) is 0 Å². The van der Waals surface area contributed by atoms with Crippen molar-refractivity contribution < 1.29 is 4.74 Å². The number of rotatable bonds is 7. The Kier molecular flexibility index (Phi) is 5.71. The van der Waals surface area contributed by atoms with Crippen LogP contribution in [0.3, 0.4) is 0 Å². The van der Waals surface area contributed by atoms with Crippen LogP contribution in [0.25, 0.3) is 11.1 Å². The van der Waals surface area contributed by atoms with Gasteiger partial charge in [0.1, 0.15) is 5.75 Å². The van der Waals surface area contributed by atoms with Gasteiger partial charge in [-0.3, -0.25) is 4.90 Å². The maximum atomic E-state index is 6.32. The Morgan fingerprint density at radius 2 is 1.57 bits per heavy atom. The minimum absolute atomic E-state index is 0.236. The second-order valence-electron chi connectivity index (χ2n) is 6.35. The first-order valence-electron chi connectivity index (χ1n) is 8.93. The highest BCUT2D eigenvalue weighted by Gasteiger charge is 2.22. The molecule has 2 aromatic carbocycles. The van der Waals surface area contributed by atoms with E-state index in [1.807, 2.05) is 0 Å². The molecule has 1 aliphatic heterocycles. The zero-order chi connectivity index (χ0) is 15.9. The predicted molar refractivity (Wildman–Crippen MR) is 96.6 cm³/mol. The summed E-state index contributed by atoms with van der Waals surface area (Å²) in [6, 6.07) is 19.0. The summed E-state index contributed by atoms with van der Waals surface area (Å²) >= 11 is 0. The van der Waals surface area contributed by atoms with E-state index in [9.17, 15) is 0 Å². The van der Waals surface area contributed by atoms with Gasteiger partial charge in [-0.25, -0.2) is 0 Å². The maximum Gasteiger partial charge on any atom is 0.152 e. The van der Waals surface area contributed by atoms with Gasteiger partial charge in [0, 0.05) is 13.1 Å². The van der Waals surface area contributed by atoms with Crippen molar-refractivity contribution in [3.05, 3.63) is 54.6 Å². The Morgan fingerprint density at radius 1 is 0.913 bits per heavy atom. The minimum Gasteiger partial charge on any atom is -0.475 e. The summed E-state index contributed by atoms with van der Waals surface area (Å²) in [6.07, 6.45) is 6.42. The fourth-order valence-corrected chi connectivity index (χ4v) is 3.24. The Hall–Kier alpha value is -1.80. The van der Waals surface area contributed by atoms with Crippen molar-refractivity contribution in [2.75, 3.05) is 13.1 Å². The van der Waals surface area contributed by atoms with Crippen LogP contribution in [0, 0.1) is 0 Å². The summed E-state index contributed by atoms with van der Waals surface area (Å²) in [6.45, 7) is 4.60. The number of ether oxygens (including phenoxy) is 1. The van der Waals surface area contributed by atoms with Crippen LogP contribution in [0.2, 0.25) is 0 Å². The van der Waals surface area contributed by atoms with Crippen molar-refractivity contribution in [2.24, 2.45) is 0 Å². The van der Waals surface area contributed by atoms with Crippen LogP contribution in [0.5, 0.6) is 5.75 Å². The molecule has 2 heteroatoms. The average Bonchev–Trinajstić information content (AvgIpc) is 3.14. The molecule has 1 aliphatic rings. The number of hydrogen-bond acceptors (Lipinski definition) is 2. The van der Waals surface area contributed by atoms with E-state index in [1.54, 1.807) is 0 Å². The molecule has 1 saturated heterocycles. The van der Waals surface area contributed by atoms with Gasteiger partial charge in [-0.1, -0.05) is 55.8 Å². The van der Waals surface area contributed by atoms with Gasteiger partial charge in [0.15, 0.2) is 6.23 Å². The van der Waals surface area contributed by atoms with E-state index in [1.165, 1.54) is 49.9 Å². The third-order valence-corrected chi connectivity index (χ3v) is 4.59. The molecular weight excluding hydrogens is 282 g/mol. The first kappa shape index (κ1) is 16.1. The maximum absolute atomic E-state index is 6.32. The number of nitrogens with zero attached hydrogens (tertiary/aromatic N) is 1. The number of benzene rings is 2. The van der Waals surface area contributed by atoms with E-state index in [0.29, 0.717) is 0 Å². The molecule has 0 amide bonds. The Balaban J connectivity index is 1.67. The van der Waals surface area contributed by atoms with Gasteiger partial charge in [0.25, 0.3) is 0 Å². The molecule has 0 saturated carbocycles. The molecule has 0 radical (unpaired) electrons. The zero-order valence-corrected chi connectivity index (χ0v) is 14.1. The fourth-order valence-electron chi connectivity index (χ4n) is 3.24. The standard InChI is InChI=1S/C21H27NO/c1-2-3-11-21(22-16-7-8-17-22)23-20-14-12-19(13-15-20)18-9-5-4-6-10-18/h4-6,9-10,12-15,21H,2-3,7-8,11,16-17H2,1H3. The SMILES string of the molecule is CCCCC(Oc1ccc(-c2ccccc2)cc1)N1CCCC1. The first-order chi connectivity index (χ1) is 11.4. The summed E-state index contributed by atoms with van der Waals surface area (Å²) in [7, 11) is 0. The Bertz CT molecular complexity index is 573. The fraction of sp³-hybridized carbons (Fsp3) is 0.429. The van der Waals surface area contributed by atoms with E-state index in [2.05, 4.69) is 66.4 Å². The largest absolute Gasteiger partial charge is 0.475 e. The van der Waals surface area contributed by atoms with E-state index < -0.39 is 0 Å². The van der Waals surface area contributed by atoms with Crippen molar-refractivity contribution in [3.8, 4) is 16.9 Å². The summed E-state index contributed by atoms with van der Waals surface area (Å²) < 4.78 is 6.32. The quantitative estimate of drug-likeness (QED) is 0.684. The molecule has 2 nitrogen and oxygen atoms in total. The second-order valence-corrected chi connectivity index (χ2v) is 6.35. The highest BCUT2D eigenvalue weighted by molar-refractivity contribution is 5.63. The van der Waals surface area contributed by atoms with Crippen LogP contribution in [-0.4, -0.2) is 24.2 Å². The number of unbranched alkanes of at least 4 members (excludes halogenated alkanes) is 1. The molecule has 0 bridgehead atoms. The third kappa shape index (κ3) is 4.35. The van der Waals surface area contributed by atoms with Gasteiger partial charge in [-0.15, -0.1) is 0 Å². The summed E-state index contributed by atoms with van der Waals surface area (Å²) in [5.74, 6) is 0.984. The topological polar surface area (TPSA) is 12.5 Å². The number of likely N-dealkylation sites (tertiary alicyclic amines) is 1. The van der Waals surface area contributed by atoms with Crippen LogP contribution in [0.1, 0.15) is 39.0 Å². The van der Waals surface area contributed by atoms with Gasteiger partial charge < -0.3 is 4.74 Å². The summed E-state index contributed by atoms with van der Waals surface area (Å²) in [5, 5.41) is 0.